The highest BCUT2D eigenvalue weighted by Gasteiger charge is 2.43. The minimum Gasteiger partial charge on any atom is -0.375 e. The first-order valence-electron chi connectivity index (χ1n) is 13.0. The number of benzene rings is 2. The highest BCUT2D eigenvalue weighted by molar-refractivity contribution is 7.80. The number of rotatable bonds is 7. The number of carbonyl (C=O) groups excluding carboxylic acids is 1. The largest absolute Gasteiger partial charge is 0.375 e. The molecular formula is C31H33N5O2S. The third-order valence-electron chi connectivity index (χ3n) is 7.45. The zero-order valence-corrected chi connectivity index (χ0v) is 23.7. The Bertz CT molecular complexity index is 1520. The van der Waals surface area contributed by atoms with Gasteiger partial charge in [0.05, 0.1) is 17.8 Å². The average molecular weight is 540 g/mol. The molecule has 2 atom stereocenters. The molecule has 0 bridgehead atoms. The molecule has 1 fully saturated rings. The number of nitrogens with one attached hydrogen (secondary N) is 2. The molecular weight excluding hydrogens is 506 g/mol. The quantitative estimate of drug-likeness (QED) is 0.286. The Morgan fingerprint density at radius 1 is 1.00 bits per heavy atom. The number of hydrogen-bond acceptors (Lipinski definition) is 4. The number of nitrogens with zero attached hydrogens (tertiary/aromatic N) is 3. The first-order valence-corrected chi connectivity index (χ1v) is 13.4. The van der Waals surface area contributed by atoms with E-state index >= 15 is 0 Å². The zero-order chi connectivity index (χ0) is 27.7. The van der Waals surface area contributed by atoms with Gasteiger partial charge < -0.3 is 24.8 Å². The molecule has 5 rings (SSSR count). The van der Waals surface area contributed by atoms with Crippen LogP contribution in [0, 0.1) is 27.7 Å². The van der Waals surface area contributed by atoms with Crippen molar-refractivity contribution in [2.24, 2.45) is 0 Å². The minimum absolute atomic E-state index is 0.00542. The number of hydrogen-bond donors (Lipinski definition) is 2. The van der Waals surface area contributed by atoms with Gasteiger partial charge in [0.25, 0.3) is 0 Å². The lowest BCUT2D eigenvalue weighted by Gasteiger charge is -2.29. The second kappa shape index (κ2) is 11.0. The molecule has 0 spiro atoms. The number of amides is 1. The first-order chi connectivity index (χ1) is 18.8. The molecule has 2 aromatic heterocycles. The lowest BCUT2D eigenvalue weighted by atomic mass is 9.93. The van der Waals surface area contributed by atoms with Gasteiger partial charge in [-0.2, -0.15) is 0 Å². The summed E-state index contributed by atoms with van der Waals surface area (Å²) in [4.78, 5) is 19.0. The van der Waals surface area contributed by atoms with Crippen molar-refractivity contribution < 1.29 is 9.53 Å². The second-order valence-corrected chi connectivity index (χ2v) is 10.2. The fourth-order valence-corrected chi connectivity index (χ4v) is 5.93. The number of methoxy groups -OCH3 is 1. The van der Waals surface area contributed by atoms with Gasteiger partial charge in [0.1, 0.15) is 6.61 Å². The van der Waals surface area contributed by atoms with Crippen molar-refractivity contribution in [3.05, 3.63) is 107 Å². The van der Waals surface area contributed by atoms with Crippen molar-refractivity contribution in [1.82, 2.24) is 14.9 Å². The van der Waals surface area contributed by atoms with Crippen LogP contribution in [0.3, 0.4) is 0 Å². The molecule has 2 aromatic carbocycles. The number of anilines is 2. The van der Waals surface area contributed by atoms with Gasteiger partial charge in [-0.1, -0.05) is 24.3 Å². The summed E-state index contributed by atoms with van der Waals surface area (Å²) in [6.07, 6.45) is 1.82. The summed E-state index contributed by atoms with van der Waals surface area (Å²) in [5, 5.41) is 7.13. The summed E-state index contributed by atoms with van der Waals surface area (Å²) in [6, 6.07) is 22.1. The number of carbonyl (C=O) groups is 1. The third-order valence-corrected chi connectivity index (χ3v) is 7.77. The molecule has 0 aliphatic carbocycles. The van der Waals surface area contributed by atoms with E-state index in [4.69, 9.17) is 21.9 Å². The lowest BCUT2D eigenvalue weighted by molar-refractivity contribution is -0.119. The standard InChI is InChI=1S/C31H33N5O2S/c1-19-17-24(14-15-25(19)33-27(37)18-38-5)36-30(29(34-31(36)39)26-13-9-10-16-32-26)28-20(2)21(3)35(22(28)4)23-11-7-6-8-12-23/h6-17,29-30H,18H2,1-5H3,(H,33,37)(H,34,39). The summed E-state index contributed by atoms with van der Waals surface area (Å²) < 4.78 is 7.28. The monoisotopic (exact) mass is 539 g/mol. The highest BCUT2D eigenvalue weighted by Crippen LogP contribution is 2.45. The van der Waals surface area contributed by atoms with Gasteiger partial charge in [-0.3, -0.25) is 9.78 Å². The van der Waals surface area contributed by atoms with Gasteiger partial charge in [-0.05, 0) is 93.5 Å². The van der Waals surface area contributed by atoms with E-state index in [9.17, 15) is 4.79 Å². The van der Waals surface area contributed by atoms with Gasteiger partial charge in [0.15, 0.2) is 5.11 Å². The van der Waals surface area contributed by atoms with Crippen molar-refractivity contribution >= 4 is 34.6 Å². The maximum atomic E-state index is 12.1. The van der Waals surface area contributed by atoms with Crippen LogP contribution in [-0.2, 0) is 9.53 Å². The van der Waals surface area contributed by atoms with Gasteiger partial charge in [-0.15, -0.1) is 0 Å². The Labute approximate surface area is 234 Å². The number of pyridine rings is 1. The number of para-hydroxylation sites is 1. The molecule has 7 nitrogen and oxygen atoms in total. The van der Waals surface area contributed by atoms with Crippen LogP contribution in [0.2, 0.25) is 0 Å². The fourth-order valence-electron chi connectivity index (χ4n) is 5.59. The van der Waals surface area contributed by atoms with E-state index in [0.717, 1.165) is 28.3 Å². The van der Waals surface area contributed by atoms with E-state index in [1.165, 1.54) is 29.6 Å². The maximum absolute atomic E-state index is 12.1. The summed E-state index contributed by atoms with van der Waals surface area (Å²) in [7, 11) is 1.51. The van der Waals surface area contributed by atoms with E-state index in [0.29, 0.717) is 5.11 Å². The summed E-state index contributed by atoms with van der Waals surface area (Å²) >= 11 is 5.97. The molecule has 1 saturated heterocycles. The number of ether oxygens (including phenoxy) is 1. The topological polar surface area (TPSA) is 71.4 Å². The smallest absolute Gasteiger partial charge is 0.250 e. The summed E-state index contributed by atoms with van der Waals surface area (Å²) in [5.74, 6) is -0.191. The molecule has 3 heterocycles. The van der Waals surface area contributed by atoms with Crippen LogP contribution in [-0.4, -0.2) is 34.3 Å². The first kappa shape index (κ1) is 26.6. The van der Waals surface area contributed by atoms with Crippen molar-refractivity contribution in [2.75, 3.05) is 23.9 Å². The number of thiocarbonyl (C=S) groups is 1. The molecule has 0 radical (unpaired) electrons. The van der Waals surface area contributed by atoms with Crippen LogP contribution in [0.15, 0.2) is 72.9 Å². The minimum atomic E-state index is -0.191. The molecule has 1 amide bonds. The molecule has 39 heavy (non-hydrogen) atoms. The average Bonchev–Trinajstić information content (AvgIpc) is 3.38. The van der Waals surface area contributed by atoms with E-state index in [1.54, 1.807) is 0 Å². The molecule has 200 valence electrons. The SMILES string of the molecule is COCC(=O)Nc1ccc(N2C(=S)NC(c3ccccn3)C2c2c(C)c(C)n(-c3ccccc3)c2C)cc1C. The van der Waals surface area contributed by atoms with Crippen LogP contribution in [0.1, 0.15) is 45.9 Å². The van der Waals surface area contributed by atoms with Crippen molar-refractivity contribution in [3.63, 3.8) is 0 Å². The van der Waals surface area contributed by atoms with Crippen molar-refractivity contribution in [3.8, 4) is 5.69 Å². The zero-order valence-electron chi connectivity index (χ0n) is 22.9. The van der Waals surface area contributed by atoms with Gasteiger partial charge in [-0.25, -0.2) is 0 Å². The normalized spacial score (nSPS) is 16.8. The van der Waals surface area contributed by atoms with E-state index in [1.807, 2.05) is 49.5 Å². The third kappa shape index (κ3) is 4.93. The van der Waals surface area contributed by atoms with Crippen LogP contribution in [0.4, 0.5) is 11.4 Å². The molecule has 4 aromatic rings. The van der Waals surface area contributed by atoms with Crippen molar-refractivity contribution in [1.29, 1.82) is 0 Å². The van der Waals surface area contributed by atoms with Gasteiger partial charge >= 0.3 is 0 Å². The second-order valence-electron chi connectivity index (χ2n) is 9.86. The van der Waals surface area contributed by atoms with Gasteiger partial charge in [0.2, 0.25) is 5.91 Å². The van der Waals surface area contributed by atoms with Crippen LogP contribution < -0.4 is 15.5 Å². The van der Waals surface area contributed by atoms with E-state index < -0.39 is 0 Å². The summed E-state index contributed by atoms with van der Waals surface area (Å²) in [6.45, 7) is 8.52. The molecule has 2 N–H and O–H groups in total. The van der Waals surface area contributed by atoms with Crippen LogP contribution in [0.5, 0.6) is 0 Å². The predicted octanol–water partition coefficient (Wildman–Crippen LogP) is 5.87. The van der Waals surface area contributed by atoms with Crippen LogP contribution >= 0.6 is 12.2 Å². The Kier molecular flexibility index (Phi) is 7.50. The Morgan fingerprint density at radius 3 is 2.41 bits per heavy atom. The molecule has 8 heteroatoms. The Balaban J connectivity index is 1.64. The molecule has 2 unspecified atom stereocenters. The molecule has 1 aliphatic heterocycles. The Morgan fingerprint density at radius 2 is 1.74 bits per heavy atom. The fraction of sp³-hybridized carbons (Fsp3) is 0.258. The van der Waals surface area contributed by atoms with Crippen molar-refractivity contribution in [2.45, 2.75) is 39.8 Å². The molecule has 1 aliphatic rings. The highest BCUT2D eigenvalue weighted by atomic mass is 32.1. The molecule has 0 saturated carbocycles. The number of aromatic nitrogens is 2. The maximum Gasteiger partial charge on any atom is 0.250 e. The van der Waals surface area contributed by atoms with Gasteiger partial charge in [0, 0.05) is 47.3 Å². The summed E-state index contributed by atoms with van der Waals surface area (Å²) in [5.41, 5.74) is 9.48. The van der Waals surface area contributed by atoms with E-state index in [-0.39, 0.29) is 24.6 Å². The Hall–Kier alpha value is -4.01. The lowest BCUT2D eigenvalue weighted by Crippen LogP contribution is -2.30. The van der Waals surface area contributed by atoms with E-state index in [2.05, 4.69) is 71.2 Å². The van der Waals surface area contributed by atoms with Crippen LogP contribution in [0.25, 0.3) is 5.69 Å². The predicted molar refractivity (Wildman–Crippen MR) is 160 cm³/mol. The number of aryl methyl sites for hydroxylation is 1.